The molecule has 4 nitrogen and oxygen atoms in total. The van der Waals surface area contributed by atoms with Gasteiger partial charge in [0.1, 0.15) is 5.92 Å². The van der Waals surface area contributed by atoms with Crippen LogP contribution in [0.5, 0.6) is 0 Å². The van der Waals surface area contributed by atoms with Crippen LogP contribution < -0.4 is 0 Å². The molecule has 1 aliphatic heterocycles. The molecule has 0 aromatic heterocycles. The zero-order chi connectivity index (χ0) is 10.2. The van der Waals surface area contributed by atoms with Crippen molar-refractivity contribution in [3.8, 4) is 0 Å². The van der Waals surface area contributed by atoms with Crippen LogP contribution in [0.15, 0.2) is 5.10 Å². The molecule has 0 aliphatic carbocycles. The summed E-state index contributed by atoms with van der Waals surface area (Å²) in [5.41, 5.74) is -1.23. The van der Waals surface area contributed by atoms with Crippen LogP contribution in [0.2, 0.25) is 0 Å². The second kappa shape index (κ2) is 2.90. The first-order chi connectivity index (χ1) is 5.82. The van der Waals surface area contributed by atoms with Gasteiger partial charge in [-0.25, -0.2) is 0 Å². The van der Waals surface area contributed by atoms with Gasteiger partial charge in [0.05, 0.1) is 6.54 Å². The van der Waals surface area contributed by atoms with E-state index in [0.717, 1.165) is 5.01 Å². The third kappa shape index (κ3) is 1.90. The Bertz CT molecular complexity index is 261. The largest absolute Gasteiger partial charge is 0.481 e. The number of hydrazone groups is 1. The lowest BCUT2D eigenvalue weighted by molar-refractivity contribution is -0.140. The predicted octanol–water partition coefficient (Wildman–Crippen LogP) is 0.551. The summed E-state index contributed by atoms with van der Waals surface area (Å²) in [6.07, 6.45) is -4.66. The quantitative estimate of drug-likeness (QED) is 0.666. The highest BCUT2D eigenvalue weighted by Crippen LogP contribution is 2.27. The van der Waals surface area contributed by atoms with Crippen molar-refractivity contribution >= 4 is 11.7 Å². The van der Waals surface area contributed by atoms with Crippen molar-refractivity contribution in [3.63, 3.8) is 0 Å². The first-order valence-corrected chi connectivity index (χ1v) is 3.42. The molecule has 0 saturated heterocycles. The average molecular weight is 196 g/mol. The molecule has 1 unspecified atom stereocenters. The third-order valence-electron chi connectivity index (χ3n) is 1.64. The van der Waals surface area contributed by atoms with E-state index in [1.54, 1.807) is 0 Å². The van der Waals surface area contributed by atoms with Crippen LogP contribution in [0, 0.1) is 5.92 Å². The second-order valence-corrected chi connectivity index (χ2v) is 2.71. The van der Waals surface area contributed by atoms with Gasteiger partial charge in [-0.2, -0.15) is 18.3 Å². The Hall–Kier alpha value is -1.27. The molecule has 1 atom stereocenters. The number of hydrogen-bond acceptors (Lipinski definition) is 3. The molecule has 1 heterocycles. The normalized spacial score (nSPS) is 23.2. The SMILES string of the molecule is CN1CC(C(=O)O)C(C(F)(F)F)=N1. The van der Waals surface area contributed by atoms with Crippen LogP contribution in [-0.4, -0.2) is 41.6 Å². The van der Waals surface area contributed by atoms with Gasteiger partial charge in [-0.3, -0.25) is 9.80 Å². The molecule has 0 radical (unpaired) electrons. The molecular weight excluding hydrogens is 189 g/mol. The van der Waals surface area contributed by atoms with E-state index in [1.807, 2.05) is 0 Å². The van der Waals surface area contributed by atoms with E-state index in [4.69, 9.17) is 5.11 Å². The molecule has 0 saturated carbocycles. The molecule has 1 rings (SSSR count). The van der Waals surface area contributed by atoms with Gasteiger partial charge < -0.3 is 5.11 Å². The van der Waals surface area contributed by atoms with Gasteiger partial charge in [0.15, 0.2) is 5.71 Å². The Labute approximate surface area is 71.6 Å². The molecule has 0 aromatic carbocycles. The van der Waals surface area contributed by atoms with Gasteiger partial charge in [-0.1, -0.05) is 0 Å². The van der Waals surface area contributed by atoms with Crippen molar-refractivity contribution in [1.29, 1.82) is 0 Å². The molecule has 13 heavy (non-hydrogen) atoms. The monoisotopic (exact) mass is 196 g/mol. The Kier molecular flexibility index (Phi) is 2.19. The summed E-state index contributed by atoms with van der Waals surface area (Å²) in [5, 5.41) is 12.5. The number of nitrogens with zero attached hydrogens (tertiary/aromatic N) is 2. The number of alkyl halides is 3. The van der Waals surface area contributed by atoms with Crippen molar-refractivity contribution in [2.75, 3.05) is 13.6 Å². The van der Waals surface area contributed by atoms with E-state index in [0.29, 0.717) is 0 Å². The minimum absolute atomic E-state index is 0.232. The first-order valence-electron chi connectivity index (χ1n) is 3.42. The minimum Gasteiger partial charge on any atom is -0.481 e. The molecule has 7 heteroatoms. The second-order valence-electron chi connectivity index (χ2n) is 2.71. The zero-order valence-electron chi connectivity index (χ0n) is 6.67. The number of aliphatic carboxylic acids is 1. The summed E-state index contributed by atoms with van der Waals surface area (Å²) in [4.78, 5) is 10.4. The lowest BCUT2D eigenvalue weighted by Crippen LogP contribution is -2.34. The first kappa shape index (κ1) is 9.82. The van der Waals surface area contributed by atoms with E-state index in [1.165, 1.54) is 7.05 Å². The van der Waals surface area contributed by atoms with Crippen molar-refractivity contribution in [2.24, 2.45) is 11.0 Å². The minimum atomic E-state index is -4.66. The number of carboxylic acids is 1. The highest BCUT2D eigenvalue weighted by molar-refractivity contribution is 6.05. The van der Waals surface area contributed by atoms with E-state index < -0.39 is 23.8 Å². The summed E-state index contributed by atoms with van der Waals surface area (Å²) < 4.78 is 36.4. The molecule has 0 aromatic rings. The molecule has 74 valence electrons. The Morgan fingerprint density at radius 3 is 2.54 bits per heavy atom. The molecule has 0 spiro atoms. The molecular formula is C6H7F3N2O2. The summed E-state index contributed by atoms with van der Waals surface area (Å²) >= 11 is 0. The third-order valence-corrected chi connectivity index (χ3v) is 1.64. The maximum absolute atomic E-state index is 12.1. The van der Waals surface area contributed by atoms with Crippen molar-refractivity contribution in [3.05, 3.63) is 0 Å². The van der Waals surface area contributed by atoms with E-state index in [-0.39, 0.29) is 6.54 Å². The summed E-state index contributed by atoms with van der Waals surface area (Å²) in [6, 6.07) is 0. The molecule has 1 aliphatic rings. The zero-order valence-corrected chi connectivity index (χ0v) is 6.67. The summed E-state index contributed by atoms with van der Waals surface area (Å²) in [5.74, 6) is -3.06. The summed E-state index contributed by atoms with van der Waals surface area (Å²) in [6.45, 7) is -0.232. The Morgan fingerprint density at radius 1 is 1.69 bits per heavy atom. The fourth-order valence-electron chi connectivity index (χ4n) is 1.09. The molecule has 0 amide bonds. The fourth-order valence-corrected chi connectivity index (χ4v) is 1.09. The standard InChI is InChI=1S/C6H7F3N2O2/c1-11-2-3(5(12)13)4(10-11)6(7,8)9/h3H,2H2,1H3,(H,12,13). The lowest BCUT2D eigenvalue weighted by Gasteiger charge is -2.09. The molecule has 1 N–H and O–H groups in total. The van der Waals surface area contributed by atoms with E-state index in [2.05, 4.69) is 5.10 Å². The number of carbonyl (C=O) groups is 1. The lowest BCUT2D eigenvalue weighted by atomic mass is 10.0. The number of rotatable bonds is 1. The van der Waals surface area contributed by atoms with Gasteiger partial charge in [-0.15, -0.1) is 0 Å². The fraction of sp³-hybridized carbons (Fsp3) is 0.667. The van der Waals surface area contributed by atoms with Gasteiger partial charge in [0, 0.05) is 7.05 Å². The highest BCUT2D eigenvalue weighted by Gasteiger charge is 2.47. The maximum Gasteiger partial charge on any atom is 0.432 e. The van der Waals surface area contributed by atoms with Crippen LogP contribution >= 0.6 is 0 Å². The average Bonchev–Trinajstić information content (AvgIpc) is 2.29. The van der Waals surface area contributed by atoms with Crippen molar-refractivity contribution < 1.29 is 23.1 Å². The van der Waals surface area contributed by atoms with Gasteiger partial charge in [0.25, 0.3) is 0 Å². The topological polar surface area (TPSA) is 52.9 Å². The van der Waals surface area contributed by atoms with E-state index >= 15 is 0 Å². The highest BCUT2D eigenvalue weighted by atomic mass is 19.4. The van der Waals surface area contributed by atoms with Crippen LogP contribution in [0.25, 0.3) is 0 Å². The number of halogens is 3. The predicted molar refractivity (Wildman–Crippen MR) is 37.2 cm³/mol. The molecule has 0 fully saturated rings. The van der Waals surface area contributed by atoms with E-state index in [9.17, 15) is 18.0 Å². The smallest absolute Gasteiger partial charge is 0.432 e. The maximum atomic E-state index is 12.1. The number of carboxylic acid groups (broad SMARTS) is 1. The van der Waals surface area contributed by atoms with Crippen molar-refractivity contribution in [1.82, 2.24) is 5.01 Å². The van der Waals surface area contributed by atoms with Gasteiger partial charge in [-0.05, 0) is 0 Å². The van der Waals surface area contributed by atoms with Gasteiger partial charge in [0.2, 0.25) is 0 Å². The van der Waals surface area contributed by atoms with Crippen LogP contribution in [0.1, 0.15) is 0 Å². The van der Waals surface area contributed by atoms with Crippen LogP contribution in [0.4, 0.5) is 13.2 Å². The van der Waals surface area contributed by atoms with Crippen LogP contribution in [0.3, 0.4) is 0 Å². The number of hydrogen-bond donors (Lipinski definition) is 1. The molecule has 0 bridgehead atoms. The Morgan fingerprint density at radius 2 is 2.23 bits per heavy atom. The van der Waals surface area contributed by atoms with Gasteiger partial charge >= 0.3 is 12.1 Å². The van der Waals surface area contributed by atoms with Crippen LogP contribution in [-0.2, 0) is 4.79 Å². The Balaban J connectivity index is 2.93. The summed E-state index contributed by atoms with van der Waals surface area (Å²) in [7, 11) is 1.30. The van der Waals surface area contributed by atoms with Crippen molar-refractivity contribution in [2.45, 2.75) is 6.18 Å².